The summed E-state index contributed by atoms with van der Waals surface area (Å²) in [6.07, 6.45) is -0.924. The van der Waals surface area contributed by atoms with Gasteiger partial charge in [0.1, 0.15) is 0 Å². The molecular formula is C11H13F3N2O3S. The van der Waals surface area contributed by atoms with Crippen molar-refractivity contribution in [3.05, 3.63) is 39.9 Å². The number of nitro groups is 1. The number of nitrogens with zero attached hydrogens (tertiary/aromatic N) is 1. The summed E-state index contributed by atoms with van der Waals surface area (Å²) in [5.41, 5.74) is -3.87. The molecule has 0 aliphatic heterocycles. The number of hydrogen-bond acceptors (Lipinski definition) is 5. The van der Waals surface area contributed by atoms with E-state index in [1.807, 2.05) is 0 Å². The van der Waals surface area contributed by atoms with Gasteiger partial charge in [0.2, 0.25) is 0 Å². The molecule has 20 heavy (non-hydrogen) atoms. The van der Waals surface area contributed by atoms with Crippen molar-refractivity contribution in [3.8, 4) is 0 Å². The molecule has 0 amide bonds. The van der Waals surface area contributed by atoms with Crippen LogP contribution >= 0.6 is 11.8 Å². The maximum Gasteiger partial charge on any atom is 0.441 e. The highest BCUT2D eigenvalue weighted by Crippen LogP contribution is 2.29. The van der Waals surface area contributed by atoms with E-state index in [0.717, 1.165) is 0 Å². The molecule has 9 heteroatoms. The number of rotatable bonds is 7. The molecule has 5 nitrogen and oxygen atoms in total. The summed E-state index contributed by atoms with van der Waals surface area (Å²) in [4.78, 5) is 9.89. The first-order chi connectivity index (χ1) is 9.29. The number of thioether (sulfide) groups is 1. The number of benzene rings is 1. The fraction of sp³-hybridized carbons (Fsp3) is 0.455. The topological polar surface area (TPSA) is 75.4 Å². The minimum atomic E-state index is -4.25. The molecule has 1 aromatic carbocycles. The second-order valence-corrected chi connectivity index (χ2v) is 5.02. The van der Waals surface area contributed by atoms with Crippen molar-refractivity contribution in [2.75, 3.05) is 18.8 Å². The molecule has 0 aliphatic carbocycles. The second-order valence-electron chi connectivity index (χ2n) is 3.86. The monoisotopic (exact) mass is 310 g/mol. The van der Waals surface area contributed by atoms with Gasteiger partial charge in [-0.1, -0.05) is 0 Å². The van der Waals surface area contributed by atoms with Crippen LogP contribution in [0.5, 0.6) is 0 Å². The Hall–Kier alpha value is -1.32. The average Bonchev–Trinajstić information content (AvgIpc) is 2.37. The van der Waals surface area contributed by atoms with Crippen LogP contribution in [0.4, 0.5) is 18.9 Å². The summed E-state index contributed by atoms with van der Waals surface area (Å²) < 4.78 is 35.5. The number of non-ortho nitro benzene ring substituents is 1. The summed E-state index contributed by atoms with van der Waals surface area (Å²) in [7, 11) is 0. The van der Waals surface area contributed by atoms with Crippen molar-refractivity contribution in [2.24, 2.45) is 0 Å². The Labute approximate surface area is 117 Å². The largest absolute Gasteiger partial charge is 0.441 e. The Balaban J connectivity index is 2.32. The van der Waals surface area contributed by atoms with Gasteiger partial charge in [-0.2, -0.15) is 13.2 Å². The molecule has 1 aromatic rings. The maximum atomic E-state index is 11.8. The van der Waals surface area contributed by atoms with Gasteiger partial charge in [0.25, 0.3) is 5.69 Å². The SMILES string of the molecule is O=[N+]([O-])c1ccc(C(O)CNCCSC(F)(F)F)cc1. The highest BCUT2D eigenvalue weighted by Gasteiger charge is 2.27. The van der Waals surface area contributed by atoms with Crippen molar-refractivity contribution in [1.82, 2.24) is 5.32 Å². The third-order valence-corrected chi connectivity index (χ3v) is 3.11. The summed E-state index contributed by atoms with van der Waals surface area (Å²) in [6.45, 7) is 0.185. The number of aliphatic hydroxyl groups is 1. The highest BCUT2D eigenvalue weighted by atomic mass is 32.2. The molecule has 0 radical (unpaired) electrons. The highest BCUT2D eigenvalue weighted by molar-refractivity contribution is 8.00. The zero-order chi connectivity index (χ0) is 15.2. The summed E-state index contributed by atoms with van der Waals surface area (Å²) >= 11 is -0.133. The van der Waals surface area contributed by atoms with E-state index in [9.17, 15) is 28.4 Å². The summed E-state index contributed by atoms with van der Waals surface area (Å²) in [5, 5.41) is 22.9. The molecule has 1 rings (SSSR count). The predicted octanol–water partition coefficient (Wildman–Crippen LogP) is 2.47. The molecule has 2 N–H and O–H groups in total. The van der Waals surface area contributed by atoms with Crippen molar-refractivity contribution < 1.29 is 23.2 Å². The van der Waals surface area contributed by atoms with Crippen LogP contribution in [-0.2, 0) is 0 Å². The van der Waals surface area contributed by atoms with Gasteiger partial charge in [0.05, 0.1) is 11.0 Å². The molecule has 0 saturated carbocycles. The molecule has 0 aliphatic rings. The lowest BCUT2D eigenvalue weighted by Crippen LogP contribution is -2.24. The number of halogens is 3. The van der Waals surface area contributed by atoms with Crippen molar-refractivity contribution in [3.63, 3.8) is 0 Å². The van der Waals surface area contributed by atoms with E-state index in [2.05, 4.69) is 5.32 Å². The standard InChI is InChI=1S/C11H13F3N2O3S/c12-11(13,14)20-6-5-15-7-10(17)8-1-3-9(4-2-8)16(18)19/h1-4,10,15,17H,5-7H2. The second kappa shape index (κ2) is 7.46. The van der Waals surface area contributed by atoms with E-state index in [-0.39, 0.29) is 36.3 Å². The number of aliphatic hydroxyl groups excluding tert-OH is 1. The normalized spacial score (nSPS) is 13.2. The lowest BCUT2D eigenvalue weighted by molar-refractivity contribution is -0.384. The van der Waals surface area contributed by atoms with Crippen LogP contribution in [0.15, 0.2) is 24.3 Å². The van der Waals surface area contributed by atoms with Gasteiger partial charge < -0.3 is 10.4 Å². The molecule has 0 spiro atoms. The van der Waals surface area contributed by atoms with Gasteiger partial charge in [-0.15, -0.1) is 0 Å². The van der Waals surface area contributed by atoms with Gasteiger partial charge in [-0.3, -0.25) is 10.1 Å². The molecule has 1 unspecified atom stereocenters. The Morgan fingerprint density at radius 3 is 2.45 bits per heavy atom. The van der Waals surface area contributed by atoms with Gasteiger partial charge in [-0.25, -0.2) is 0 Å². The third-order valence-electron chi connectivity index (χ3n) is 2.37. The van der Waals surface area contributed by atoms with Gasteiger partial charge in [-0.05, 0) is 29.5 Å². The fourth-order valence-corrected chi connectivity index (χ4v) is 1.89. The quantitative estimate of drug-likeness (QED) is 0.460. The van der Waals surface area contributed by atoms with Crippen LogP contribution in [0.1, 0.15) is 11.7 Å². The first-order valence-electron chi connectivity index (χ1n) is 5.63. The molecule has 0 saturated heterocycles. The van der Waals surface area contributed by atoms with E-state index in [0.29, 0.717) is 5.56 Å². The first-order valence-corrected chi connectivity index (χ1v) is 6.62. The fourth-order valence-electron chi connectivity index (χ4n) is 1.41. The van der Waals surface area contributed by atoms with Crippen molar-refractivity contribution >= 4 is 17.4 Å². The van der Waals surface area contributed by atoms with E-state index >= 15 is 0 Å². The van der Waals surface area contributed by atoms with Gasteiger partial charge in [0, 0.05) is 31.0 Å². The molecule has 112 valence electrons. The van der Waals surface area contributed by atoms with Gasteiger partial charge >= 0.3 is 5.51 Å². The minimum Gasteiger partial charge on any atom is -0.387 e. The van der Waals surface area contributed by atoms with Crippen LogP contribution in [0, 0.1) is 10.1 Å². The molecule has 0 heterocycles. The lowest BCUT2D eigenvalue weighted by atomic mass is 10.1. The summed E-state index contributed by atoms with van der Waals surface area (Å²) in [5.74, 6) is -0.142. The van der Waals surface area contributed by atoms with Crippen LogP contribution in [0.3, 0.4) is 0 Å². The van der Waals surface area contributed by atoms with E-state index in [1.54, 1.807) is 0 Å². The molecule has 0 fully saturated rings. The smallest absolute Gasteiger partial charge is 0.387 e. The molecule has 0 aromatic heterocycles. The van der Waals surface area contributed by atoms with Gasteiger partial charge in [0.15, 0.2) is 0 Å². The zero-order valence-corrected chi connectivity index (χ0v) is 11.1. The summed E-state index contributed by atoms with van der Waals surface area (Å²) in [6, 6.07) is 5.35. The zero-order valence-electron chi connectivity index (χ0n) is 10.3. The lowest BCUT2D eigenvalue weighted by Gasteiger charge is -2.12. The number of nitro benzene ring substituents is 1. The number of nitrogens with one attached hydrogen (secondary N) is 1. The third kappa shape index (κ3) is 6.22. The van der Waals surface area contributed by atoms with E-state index in [1.165, 1.54) is 24.3 Å². The number of hydrogen-bond donors (Lipinski definition) is 2. The Bertz CT molecular complexity index is 440. The molecule has 1 atom stereocenters. The van der Waals surface area contributed by atoms with Crippen LogP contribution < -0.4 is 5.32 Å². The Morgan fingerprint density at radius 1 is 1.35 bits per heavy atom. The molecular weight excluding hydrogens is 297 g/mol. The van der Waals surface area contributed by atoms with Crippen LogP contribution in [0.2, 0.25) is 0 Å². The first kappa shape index (κ1) is 16.7. The minimum absolute atomic E-state index is 0.0796. The van der Waals surface area contributed by atoms with Crippen LogP contribution in [-0.4, -0.2) is 34.4 Å². The number of alkyl halides is 3. The van der Waals surface area contributed by atoms with E-state index in [4.69, 9.17) is 0 Å². The molecule has 0 bridgehead atoms. The van der Waals surface area contributed by atoms with Crippen molar-refractivity contribution in [2.45, 2.75) is 11.6 Å². The van der Waals surface area contributed by atoms with E-state index < -0.39 is 16.5 Å². The van der Waals surface area contributed by atoms with Crippen molar-refractivity contribution in [1.29, 1.82) is 0 Å². The maximum absolute atomic E-state index is 11.8. The Morgan fingerprint density at radius 2 is 1.95 bits per heavy atom. The predicted molar refractivity (Wildman–Crippen MR) is 69.4 cm³/mol. The Kier molecular flexibility index (Phi) is 6.24. The van der Waals surface area contributed by atoms with Crippen LogP contribution in [0.25, 0.3) is 0 Å². The average molecular weight is 310 g/mol.